The lowest BCUT2D eigenvalue weighted by molar-refractivity contribution is -0.485. The molecule has 0 aromatic heterocycles. The van der Waals surface area contributed by atoms with Gasteiger partial charge >= 0.3 is 6.09 Å². The molecule has 0 aliphatic carbocycles. The summed E-state index contributed by atoms with van der Waals surface area (Å²) in [7, 11) is 0. The molecule has 0 spiro atoms. The molecular weight excluding hydrogens is 542 g/mol. The van der Waals surface area contributed by atoms with Gasteiger partial charge in [-0.05, 0) is 35.1 Å². The number of amides is 3. The van der Waals surface area contributed by atoms with Crippen LogP contribution in [0, 0.1) is 10.1 Å². The van der Waals surface area contributed by atoms with Gasteiger partial charge in [-0.15, -0.1) is 0 Å². The van der Waals surface area contributed by atoms with Gasteiger partial charge in [0, 0.05) is 13.1 Å². The first-order valence-electron chi connectivity index (χ1n) is 13.1. The van der Waals surface area contributed by atoms with Crippen LogP contribution in [0.4, 0.5) is 4.79 Å². The summed E-state index contributed by atoms with van der Waals surface area (Å²) < 4.78 is 4.77. The fourth-order valence-corrected chi connectivity index (χ4v) is 4.18. The maximum absolute atomic E-state index is 13.7. The third kappa shape index (κ3) is 10.3. The minimum Gasteiger partial charge on any atom is -0.445 e. The average Bonchev–Trinajstić information content (AvgIpc) is 2.97. The Balaban J connectivity index is 1.72. The van der Waals surface area contributed by atoms with E-state index in [2.05, 4.69) is 21.1 Å². The van der Waals surface area contributed by atoms with Gasteiger partial charge in [0.05, 0.1) is 5.92 Å². The Kier molecular flexibility index (Phi) is 11.8. The van der Waals surface area contributed by atoms with Gasteiger partial charge in [-0.2, -0.15) is 0 Å². The van der Waals surface area contributed by atoms with E-state index in [1.54, 1.807) is 24.3 Å². The van der Waals surface area contributed by atoms with Crippen LogP contribution in [0.1, 0.15) is 41.0 Å². The standard InChI is InChI=1S/C29H33N7O6/c30-28(35-36(40)41)32-17-7-12-24(26(37)33-18-20-13-15-21(16-14-20)19-42-29(31)39)34-27(38)25(22-8-3-1-4-9-22)23-10-5-2-6-11-23/h1-6,8-11,13-16,24-25H,7,12,17-19H2,(H2,31,39)(H,33,37)(H,34,38)(H3,30,32,35)/t24-/m1/s1. The molecule has 13 heteroatoms. The molecule has 0 unspecified atom stereocenters. The van der Waals surface area contributed by atoms with Gasteiger partial charge in [-0.1, -0.05) is 84.9 Å². The topological polar surface area (TPSA) is 204 Å². The van der Waals surface area contributed by atoms with Crippen LogP contribution in [-0.2, 0) is 27.5 Å². The predicted molar refractivity (Wildman–Crippen MR) is 155 cm³/mol. The van der Waals surface area contributed by atoms with Gasteiger partial charge < -0.3 is 32.2 Å². The molecule has 220 valence electrons. The first-order valence-corrected chi connectivity index (χ1v) is 13.1. The molecule has 1 atom stereocenters. The van der Waals surface area contributed by atoms with Crippen molar-refractivity contribution in [3.05, 3.63) is 117 Å². The van der Waals surface area contributed by atoms with Crippen molar-refractivity contribution in [1.82, 2.24) is 16.0 Å². The van der Waals surface area contributed by atoms with Crippen LogP contribution in [0.3, 0.4) is 0 Å². The number of nitrogens with zero attached hydrogens (tertiary/aromatic N) is 2. The van der Waals surface area contributed by atoms with E-state index in [0.29, 0.717) is 6.42 Å². The molecule has 0 saturated carbocycles. The lowest BCUT2D eigenvalue weighted by atomic mass is 9.90. The van der Waals surface area contributed by atoms with Gasteiger partial charge in [-0.3, -0.25) is 9.59 Å². The first-order chi connectivity index (χ1) is 20.2. The van der Waals surface area contributed by atoms with Crippen molar-refractivity contribution in [2.75, 3.05) is 6.54 Å². The van der Waals surface area contributed by atoms with Crippen LogP contribution in [0.2, 0.25) is 0 Å². The second-order valence-electron chi connectivity index (χ2n) is 9.25. The van der Waals surface area contributed by atoms with Gasteiger partial charge in [-0.25, -0.2) is 14.9 Å². The van der Waals surface area contributed by atoms with Crippen LogP contribution in [-0.4, -0.2) is 41.5 Å². The van der Waals surface area contributed by atoms with Crippen LogP contribution >= 0.6 is 0 Å². The minimum absolute atomic E-state index is 0.0327. The molecule has 0 heterocycles. The van der Waals surface area contributed by atoms with Crippen molar-refractivity contribution in [2.24, 2.45) is 16.6 Å². The Hall–Kier alpha value is -5.46. The van der Waals surface area contributed by atoms with Crippen molar-refractivity contribution in [3.63, 3.8) is 0 Å². The zero-order chi connectivity index (χ0) is 30.3. The summed E-state index contributed by atoms with van der Waals surface area (Å²) >= 11 is 0. The number of hydrazone groups is 1. The highest BCUT2D eigenvalue weighted by molar-refractivity contribution is 5.92. The fourth-order valence-electron chi connectivity index (χ4n) is 4.18. The fraction of sp³-hybridized carbons (Fsp3) is 0.241. The molecule has 3 amide bonds. The number of guanidine groups is 1. The number of carbonyl (C=O) groups excluding carboxylic acids is 3. The molecule has 0 aliphatic rings. The van der Waals surface area contributed by atoms with E-state index in [4.69, 9.17) is 16.2 Å². The van der Waals surface area contributed by atoms with Crippen LogP contribution in [0.15, 0.2) is 90.0 Å². The van der Waals surface area contributed by atoms with Crippen molar-refractivity contribution in [3.8, 4) is 0 Å². The maximum Gasteiger partial charge on any atom is 0.404 e. The number of nitrogens with two attached hydrogens (primary N) is 2. The molecule has 0 saturated heterocycles. The summed E-state index contributed by atoms with van der Waals surface area (Å²) in [6, 6.07) is 24.6. The highest BCUT2D eigenvalue weighted by Crippen LogP contribution is 2.25. The summed E-state index contributed by atoms with van der Waals surface area (Å²) in [6.45, 7) is 0.410. The number of hydrogen-bond donors (Lipinski definition) is 5. The van der Waals surface area contributed by atoms with E-state index in [0.717, 1.165) is 22.3 Å². The quantitative estimate of drug-likeness (QED) is 0.0631. The normalized spacial score (nSPS) is 11.8. The van der Waals surface area contributed by atoms with Crippen molar-refractivity contribution >= 4 is 23.9 Å². The summed E-state index contributed by atoms with van der Waals surface area (Å²) in [5, 5.41) is 20.9. The first kappa shape index (κ1) is 31.1. The highest BCUT2D eigenvalue weighted by Gasteiger charge is 2.27. The summed E-state index contributed by atoms with van der Waals surface area (Å²) in [5.74, 6) is -1.77. The minimum atomic E-state index is -0.913. The second kappa shape index (κ2) is 16.0. The van der Waals surface area contributed by atoms with E-state index in [-0.39, 0.29) is 38.0 Å². The predicted octanol–water partition coefficient (Wildman–Crippen LogP) is 2.09. The van der Waals surface area contributed by atoms with Crippen LogP contribution in [0.5, 0.6) is 0 Å². The zero-order valence-electron chi connectivity index (χ0n) is 22.8. The van der Waals surface area contributed by atoms with Gasteiger partial charge in [0.1, 0.15) is 17.8 Å². The van der Waals surface area contributed by atoms with E-state index in [9.17, 15) is 24.5 Å². The van der Waals surface area contributed by atoms with E-state index in [1.165, 1.54) is 0 Å². The molecule has 0 aliphatic heterocycles. The van der Waals surface area contributed by atoms with Crippen LogP contribution < -0.4 is 27.4 Å². The molecule has 0 radical (unpaired) electrons. The number of hydrogen-bond acceptors (Lipinski definition) is 6. The Morgan fingerprint density at radius 2 is 1.40 bits per heavy atom. The molecule has 13 nitrogen and oxygen atoms in total. The van der Waals surface area contributed by atoms with E-state index in [1.807, 2.05) is 60.7 Å². The zero-order valence-corrected chi connectivity index (χ0v) is 22.8. The Morgan fingerprint density at radius 1 is 0.833 bits per heavy atom. The second-order valence-corrected chi connectivity index (χ2v) is 9.25. The van der Waals surface area contributed by atoms with E-state index < -0.39 is 29.0 Å². The van der Waals surface area contributed by atoms with Crippen molar-refractivity contribution in [1.29, 1.82) is 0 Å². The summed E-state index contributed by atoms with van der Waals surface area (Å²) in [4.78, 5) is 48.3. The van der Waals surface area contributed by atoms with Crippen molar-refractivity contribution < 1.29 is 24.2 Å². The number of primary amides is 1. The van der Waals surface area contributed by atoms with Crippen molar-refractivity contribution in [2.45, 2.75) is 38.0 Å². The number of rotatable bonds is 14. The SMILES string of the molecule is NC(=O)OCc1ccc(CNC(=O)[C@@H](CCCNC(N)=N[N+](=O)[O-])NC(=O)C(c2ccccc2)c2ccccc2)cc1. The monoisotopic (exact) mass is 575 g/mol. The number of nitro groups is 1. The molecule has 3 rings (SSSR count). The average molecular weight is 576 g/mol. The summed E-state index contributed by atoms with van der Waals surface area (Å²) in [6.07, 6.45) is -0.303. The molecular formula is C29H33N7O6. The third-order valence-corrected chi connectivity index (χ3v) is 6.20. The summed E-state index contributed by atoms with van der Waals surface area (Å²) in [5.41, 5.74) is 13.5. The molecule has 3 aromatic rings. The van der Waals surface area contributed by atoms with Gasteiger partial charge in [0.2, 0.25) is 11.8 Å². The third-order valence-electron chi connectivity index (χ3n) is 6.20. The Labute approximate surface area is 242 Å². The lowest BCUT2D eigenvalue weighted by Gasteiger charge is -2.23. The number of nitrogens with one attached hydrogen (secondary N) is 3. The Morgan fingerprint density at radius 3 is 1.95 bits per heavy atom. The largest absolute Gasteiger partial charge is 0.445 e. The smallest absolute Gasteiger partial charge is 0.404 e. The van der Waals surface area contributed by atoms with Crippen LogP contribution in [0.25, 0.3) is 0 Å². The van der Waals surface area contributed by atoms with Gasteiger partial charge in [0.15, 0.2) is 5.03 Å². The van der Waals surface area contributed by atoms with Gasteiger partial charge in [0.25, 0.3) is 5.96 Å². The highest BCUT2D eigenvalue weighted by atomic mass is 16.7. The molecule has 3 aromatic carbocycles. The number of carbonyl (C=O) groups is 3. The Bertz CT molecular complexity index is 1330. The molecule has 7 N–H and O–H groups in total. The number of benzene rings is 3. The number of ether oxygens (including phenoxy) is 1. The molecule has 42 heavy (non-hydrogen) atoms. The molecule has 0 bridgehead atoms. The maximum atomic E-state index is 13.7. The molecule has 0 fully saturated rings. The van der Waals surface area contributed by atoms with E-state index >= 15 is 0 Å². The lowest BCUT2D eigenvalue weighted by Crippen LogP contribution is -2.48.